The van der Waals surface area contributed by atoms with Crippen LogP contribution in [0.1, 0.15) is 33.4 Å². The molecular weight excluding hydrogens is 537 g/mol. The molecule has 0 spiro atoms. The molecule has 2 heterocycles. The highest BCUT2D eigenvalue weighted by Crippen LogP contribution is 2.47. The van der Waals surface area contributed by atoms with Crippen molar-refractivity contribution >= 4 is 25.9 Å². The third-order valence-corrected chi connectivity index (χ3v) is 7.44. The lowest BCUT2D eigenvalue weighted by molar-refractivity contribution is -0.236. The van der Waals surface area contributed by atoms with Crippen LogP contribution < -0.4 is 15.2 Å². The molecule has 3 unspecified atom stereocenters. The molecule has 206 valence electrons. The average molecular weight is 568 g/mol. The highest BCUT2D eigenvalue weighted by atomic mass is 32.1. The Morgan fingerprint density at radius 2 is 2.03 bits per heavy atom. The van der Waals surface area contributed by atoms with E-state index in [0.717, 1.165) is 0 Å². The van der Waals surface area contributed by atoms with E-state index in [-0.39, 0.29) is 16.9 Å². The first-order valence-electron chi connectivity index (χ1n) is 11.7. The summed E-state index contributed by atoms with van der Waals surface area (Å²) >= 11 is 5.16. The van der Waals surface area contributed by atoms with Gasteiger partial charge >= 0.3 is 13.7 Å². The summed E-state index contributed by atoms with van der Waals surface area (Å²) in [7, 11) is -4.34. The molecule has 12 nitrogen and oxygen atoms in total. The molecule has 0 bridgehead atoms. The van der Waals surface area contributed by atoms with Crippen molar-refractivity contribution < 1.29 is 38.1 Å². The number of carbonyl (C=O) groups is 1. The number of carbonyl (C=O) groups excluding carboxylic acids is 1. The van der Waals surface area contributed by atoms with Crippen LogP contribution in [0.5, 0.6) is 5.75 Å². The second-order valence-corrected chi connectivity index (χ2v) is 11.0. The van der Waals surface area contributed by atoms with E-state index in [2.05, 4.69) is 16.0 Å². The molecule has 1 saturated heterocycles. The summed E-state index contributed by atoms with van der Waals surface area (Å²) in [5.41, 5.74) is -2.38. The molecule has 1 fully saturated rings. The summed E-state index contributed by atoms with van der Waals surface area (Å²) < 4.78 is 37.4. The number of benzene rings is 1. The van der Waals surface area contributed by atoms with Gasteiger partial charge in [0.2, 0.25) is 0 Å². The molecule has 6 atom stereocenters. The number of aromatic amines is 1. The number of para-hydroxylation sites is 1. The molecule has 1 aliphatic rings. The third kappa shape index (κ3) is 7.18. The summed E-state index contributed by atoms with van der Waals surface area (Å²) in [5.74, 6) is 1.80. The normalized spacial score (nSPS) is 25.7. The molecule has 0 aliphatic carbocycles. The van der Waals surface area contributed by atoms with E-state index in [9.17, 15) is 24.4 Å². The highest BCUT2D eigenvalue weighted by Gasteiger charge is 2.50. The number of aliphatic hydroxyl groups is 2. The van der Waals surface area contributed by atoms with Crippen molar-refractivity contribution in [2.45, 2.75) is 63.4 Å². The number of rotatable bonds is 10. The number of ether oxygens (including phenoxy) is 2. The number of aliphatic hydroxyl groups excluding tert-OH is 2. The Morgan fingerprint density at radius 1 is 1.34 bits per heavy atom. The van der Waals surface area contributed by atoms with Crippen LogP contribution in [0.3, 0.4) is 0 Å². The zero-order chi connectivity index (χ0) is 28.1. The number of hydrogen-bond donors (Lipinski definition) is 4. The van der Waals surface area contributed by atoms with Gasteiger partial charge in [-0.25, -0.2) is 4.57 Å². The quantitative estimate of drug-likeness (QED) is 0.144. The fourth-order valence-electron chi connectivity index (χ4n) is 3.60. The molecule has 0 amide bonds. The van der Waals surface area contributed by atoms with Crippen LogP contribution in [0.4, 0.5) is 0 Å². The predicted octanol–water partition coefficient (Wildman–Crippen LogP) is 2.05. The minimum absolute atomic E-state index is 0.0537. The van der Waals surface area contributed by atoms with Crippen molar-refractivity contribution in [2.24, 2.45) is 0 Å². The van der Waals surface area contributed by atoms with Crippen LogP contribution in [0.15, 0.2) is 47.4 Å². The van der Waals surface area contributed by atoms with E-state index in [4.69, 9.17) is 37.2 Å². The van der Waals surface area contributed by atoms with E-state index >= 15 is 0 Å². The third-order valence-electron chi connectivity index (χ3n) is 5.51. The monoisotopic (exact) mass is 567 g/mol. The second kappa shape index (κ2) is 12.4. The van der Waals surface area contributed by atoms with Gasteiger partial charge in [0.15, 0.2) is 16.6 Å². The van der Waals surface area contributed by atoms with Gasteiger partial charge in [0.05, 0.1) is 12.2 Å². The first-order valence-corrected chi connectivity index (χ1v) is 13.6. The molecule has 38 heavy (non-hydrogen) atoms. The van der Waals surface area contributed by atoms with Gasteiger partial charge in [-0.05, 0) is 45.1 Å². The maximum absolute atomic E-state index is 13.8. The van der Waals surface area contributed by atoms with Gasteiger partial charge in [-0.1, -0.05) is 24.1 Å². The molecule has 1 aliphatic heterocycles. The molecule has 1 aromatic carbocycles. The lowest BCUT2D eigenvalue weighted by Gasteiger charge is -2.44. The van der Waals surface area contributed by atoms with Crippen molar-refractivity contribution in [1.82, 2.24) is 14.6 Å². The van der Waals surface area contributed by atoms with Crippen molar-refractivity contribution in [3.8, 4) is 18.1 Å². The molecule has 1 aromatic heterocycles. The Labute approximate surface area is 224 Å². The number of esters is 1. The summed E-state index contributed by atoms with van der Waals surface area (Å²) in [5, 5.41) is 23.9. The Morgan fingerprint density at radius 3 is 2.63 bits per heavy atom. The van der Waals surface area contributed by atoms with Crippen LogP contribution in [0.2, 0.25) is 0 Å². The van der Waals surface area contributed by atoms with Crippen molar-refractivity contribution in [1.29, 1.82) is 0 Å². The van der Waals surface area contributed by atoms with Crippen LogP contribution in [-0.4, -0.2) is 62.3 Å². The van der Waals surface area contributed by atoms with Gasteiger partial charge in [0, 0.05) is 18.7 Å². The molecule has 14 heteroatoms. The Balaban J connectivity index is 1.89. The molecule has 2 aromatic rings. The lowest BCUT2D eigenvalue weighted by Crippen LogP contribution is -2.56. The van der Waals surface area contributed by atoms with Crippen LogP contribution in [0.25, 0.3) is 0 Å². The minimum Gasteiger partial charge on any atom is -0.462 e. The zero-order valence-electron chi connectivity index (χ0n) is 21.0. The summed E-state index contributed by atoms with van der Waals surface area (Å²) in [6, 6.07) is 8.14. The van der Waals surface area contributed by atoms with Gasteiger partial charge in [-0.15, -0.1) is 6.42 Å². The summed E-state index contributed by atoms with van der Waals surface area (Å²) in [6.45, 7) is 4.08. The first kappa shape index (κ1) is 29.7. The molecular formula is C24H30N3O9PS. The Kier molecular flexibility index (Phi) is 9.67. The lowest BCUT2D eigenvalue weighted by atomic mass is 9.89. The van der Waals surface area contributed by atoms with Gasteiger partial charge in [-0.3, -0.25) is 23.7 Å². The number of hydrogen-bond acceptors (Lipinski definition) is 10. The van der Waals surface area contributed by atoms with Crippen LogP contribution in [-0.2, 0) is 23.4 Å². The van der Waals surface area contributed by atoms with Crippen molar-refractivity contribution in [3.63, 3.8) is 0 Å². The fourth-order valence-corrected chi connectivity index (χ4v) is 5.38. The zero-order valence-corrected chi connectivity index (χ0v) is 22.7. The summed E-state index contributed by atoms with van der Waals surface area (Å²) in [4.78, 5) is 26.4. The van der Waals surface area contributed by atoms with Crippen LogP contribution >= 0.6 is 20.0 Å². The Hall–Kier alpha value is -2.82. The first-order chi connectivity index (χ1) is 17.9. The number of nitrogens with zero attached hydrogens (tertiary/aromatic N) is 1. The van der Waals surface area contributed by atoms with E-state index in [1.807, 2.05) is 0 Å². The van der Waals surface area contributed by atoms with Gasteiger partial charge in [-0.2, -0.15) is 5.09 Å². The second-order valence-electron chi connectivity index (χ2n) is 8.89. The smallest absolute Gasteiger partial charge is 0.459 e. The number of nitrogens with one attached hydrogen (secondary N) is 2. The maximum atomic E-state index is 13.8. The topological polar surface area (TPSA) is 161 Å². The number of terminal acetylenes is 1. The standard InChI is InChI=1S/C24H30N3O9PS/c1-5-24(19(29)13-18(28)21(35-24)27-12-11-20(30)25-23(27)38)14-33-37(32,36-17-9-7-6-8-10-17)26-16(4)22(31)34-15(2)3/h1,6-12,15-16,18-19,21,28-29H,13-14H2,2-4H3,(H,26,32)(H,25,30,38)/t16-,18?,19?,21+,24+,37?/m0/s1. The SMILES string of the molecule is C#C[C@]1(COP(=O)(N[C@@H](C)C(=O)OC(C)C)Oc2ccccc2)O[C@@H](n2ccc(=O)[nH]c2=S)C(O)CC1O. The van der Waals surface area contributed by atoms with E-state index in [1.54, 1.807) is 32.0 Å². The fraction of sp³-hybridized carbons (Fsp3) is 0.458. The predicted molar refractivity (Wildman–Crippen MR) is 139 cm³/mol. The van der Waals surface area contributed by atoms with Crippen molar-refractivity contribution in [2.75, 3.05) is 6.61 Å². The van der Waals surface area contributed by atoms with E-state index in [1.165, 1.54) is 35.9 Å². The average Bonchev–Trinajstić information content (AvgIpc) is 2.84. The van der Waals surface area contributed by atoms with Crippen molar-refractivity contribution in [3.05, 3.63) is 57.7 Å². The van der Waals surface area contributed by atoms with E-state index < -0.39 is 62.1 Å². The largest absolute Gasteiger partial charge is 0.462 e. The minimum atomic E-state index is -4.34. The van der Waals surface area contributed by atoms with Gasteiger partial charge < -0.3 is 24.2 Å². The maximum Gasteiger partial charge on any atom is 0.459 e. The van der Waals surface area contributed by atoms with Gasteiger partial charge in [0.25, 0.3) is 5.56 Å². The number of H-pyrrole nitrogens is 1. The van der Waals surface area contributed by atoms with E-state index in [0.29, 0.717) is 0 Å². The molecule has 0 saturated carbocycles. The number of aromatic nitrogens is 2. The Bertz CT molecular complexity index is 1330. The highest BCUT2D eigenvalue weighted by molar-refractivity contribution is 7.71. The van der Waals surface area contributed by atoms with Gasteiger partial charge in [0.1, 0.15) is 24.5 Å². The van der Waals surface area contributed by atoms with Crippen LogP contribution in [0, 0.1) is 17.1 Å². The molecule has 0 radical (unpaired) electrons. The summed E-state index contributed by atoms with van der Waals surface area (Å²) in [6.07, 6.45) is 2.45. The molecule has 3 rings (SSSR count). The molecule has 4 N–H and O–H groups in total.